The molecule has 0 atom stereocenters. The minimum Gasteiger partial charge on any atom is -0.382 e. The standard InChI is InChI=1S/C16H23N3O2/c1-20-11-12-21-10-2-7-17-13-15-3-5-16(6-4-15)19-9-8-18-14-19/h3-6,8-9,14,17H,2,7,10-13H2,1H3. The number of rotatable bonds is 10. The van der Waals surface area contributed by atoms with E-state index in [4.69, 9.17) is 9.47 Å². The van der Waals surface area contributed by atoms with Crippen LogP contribution in [0.25, 0.3) is 5.69 Å². The van der Waals surface area contributed by atoms with Gasteiger partial charge in [0, 0.05) is 38.3 Å². The Morgan fingerprint density at radius 2 is 2.00 bits per heavy atom. The van der Waals surface area contributed by atoms with Gasteiger partial charge < -0.3 is 19.4 Å². The van der Waals surface area contributed by atoms with Crippen LogP contribution in [0.4, 0.5) is 0 Å². The lowest BCUT2D eigenvalue weighted by molar-refractivity contribution is 0.0695. The molecular weight excluding hydrogens is 266 g/mol. The Labute approximate surface area is 125 Å². The minimum atomic E-state index is 0.663. The lowest BCUT2D eigenvalue weighted by Crippen LogP contribution is -2.16. The smallest absolute Gasteiger partial charge is 0.0991 e. The lowest BCUT2D eigenvalue weighted by atomic mass is 10.2. The zero-order valence-electron chi connectivity index (χ0n) is 12.5. The molecule has 1 aromatic carbocycles. The molecule has 5 nitrogen and oxygen atoms in total. The van der Waals surface area contributed by atoms with Crippen LogP contribution in [0, 0.1) is 0 Å². The third-order valence-electron chi connectivity index (χ3n) is 3.14. The molecule has 0 amide bonds. The Morgan fingerprint density at radius 1 is 1.14 bits per heavy atom. The van der Waals surface area contributed by atoms with E-state index in [-0.39, 0.29) is 0 Å². The lowest BCUT2D eigenvalue weighted by Gasteiger charge is -2.07. The number of nitrogens with one attached hydrogen (secondary N) is 1. The number of nitrogens with zero attached hydrogens (tertiary/aromatic N) is 2. The average molecular weight is 289 g/mol. The number of methoxy groups -OCH3 is 1. The first-order valence-corrected chi connectivity index (χ1v) is 7.25. The highest BCUT2D eigenvalue weighted by Gasteiger charge is 1.97. The highest BCUT2D eigenvalue weighted by Crippen LogP contribution is 2.09. The van der Waals surface area contributed by atoms with Gasteiger partial charge in [-0.05, 0) is 30.7 Å². The maximum atomic E-state index is 5.41. The van der Waals surface area contributed by atoms with Crippen molar-refractivity contribution in [2.24, 2.45) is 0 Å². The van der Waals surface area contributed by atoms with E-state index in [1.165, 1.54) is 5.56 Å². The first-order chi connectivity index (χ1) is 10.4. The van der Waals surface area contributed by atoms with E-state index in [0.29, 0.717) is 13.2 Å². The molecule has 0 bridgehead atoms. The predicted molar refractivity (Wildman–Crippen MR) is 82.6 cm³/mol. The second-order valence-electron chi connectivity index (χ2n) is 4.77. The molecule has 114 valence electrons. The highest BCUT2D eigenvalue weighted by molar-refractivity contribution is 5.34. The molecule has 21 heavy (non-hydrogen) atoms. The summed E-state index contributed by atoms with van der Waals surface area (Å²) in [4.78, 5) is 4.05. The summed E-state index contributed by atoms with van der Waals surface area (Å²) in [5.41, 5.74) is 2.40. The molecule has 1 heterocycles. The van der Waals surface area contributed by atoms with E-state index in [9.17, 15) is 0 Å². The minimum absolute atomic E-state index is 0.663. The molecule has 0 unspecified atom stereocenters. The number of ether oxygens (including phenoxy) is 2. The van der Waals surface area contributed by atoms with Crippen LogP contribution in [0.2, 0.25) is 0 Å². The van der Waals surface area contributed by atoms with E-state index in [1.54, 1.807) is 19.6 Å². The molecule has 2 rings (SSSR count). The van der Waals surface area contributed by atoms with E-state index < -0.39 is 0 Å². The van der Waals surface area contributed by atoms with Gasteiger partial charge in [-0.25, -0.2) is 4.98 Å². The zero-order chi connectivity index (χ0) is 14.8. The molecule has 0 aliphatic heterocycles. The first-order valence-electron chi connectivity index (χ1n) is 7.25. The molecule has 0 aliphatic carbocycles. The Morgan fingerprint density at radius 3 is 2.71 bits per heavy atom. The summed E-state index contributed by atoms with van der Waals surface area (Å²) in [7, 11) is 1.68. The van der Waals surface area contributed by atoms with Gasteiger partial charge in [0.25, 0.3) is 0 Å². The SMILES string of the molecule is COCCOCCCNCc1ccc(-n2ccnc2)cc1. The Hall–Kier alpha value is -1.69. The molecule has 0 aliphatic rings. The quantitative estimate of drug-likeness (QED) is 0.680. The fourth-order valence-electron chi connectivity index (χ4n) is 1.97. The van der Waals surface area contributed by atoms with Gasteiger partial charge in [0.1, 0.15) is 0 Å². The van der Waals surface area contributed by atoms with Gasteiger partial charge in [0.05, 0.1) is 19.5 Å². The summed E-state index contributed by atoms with van der Waals surface area (Å²) in [5, 5.41) is 3.42. The topological polar surface area (TPSA) is 48.3 Å². The van der Waals surface area contributed by atoms with Gasteiger partial charge >= 0.3 is 0 Å². The van der Waals surface area contributed by atoms with Crippen molar-refractivity contribution in [2.45, 2.75) is 13.0 Å². The summed E-state index contributed by atoms with van der Waals surface area (Å²) in [6.45, 7) is 3.94. The van der Waals surface area contributed by atoms with Gasteiger partial charge in [0.2, 0.25) is 0 Å². The van der Waals surface area contributed by atoms with E-state index in [1.807, 2.05) is 10.8 Å². The summed E-state index contributed by atoms with van der Waals surface area (Å²) in [5.74, 6) is 0. The second kappa shape index (κ2) is 9.28. The van der Waals surface area contributed by atoms with Crippen molar-refractivity contribution in [3.05, 3.63) is 48.5 Å². The summed E-state index contributed by atoms with van der Waals surface area (Å²) in [6, 6.07) is 8.48. The molecule has 1 N–H and O–H groups in total. The van der Waals surface area contributed by atoms with Gasteiger partial charge in [-0.3, -0.25) is 0 Å². The third-order valence-corrected chi connectivity index (χ3v) is 3.14. The van der Waals surface area contributed by atoms with Crippen molar-refractivity contribution >= 4 is 0 Å². The van der Waals surface area contributed by atoms with E-state index in [0.717, 1.165) is 31.8 Å². The molecule has 0 fully saturated rings. The number of aromatic nitrogens is 2. The molecule has 2 aromatic rings. The molecule has 0 saturated heterocycles. The van der Waals surface area contributed by atoms with Crippen LogP contribution in [0.1, 0.15) is 12.0 Å². The Balaban J connectivity index is 1.61. The van der Waals surface area contributed by atoms with Crippen molar-refractivity contribution < 1.29 is 9.47 Å². The van der Waals surface area contributed by atoms with Crippen molar-refractivity contribution in [1.82, 2.24) is 14.9 Å². The van der Waals surface area contributed by atoms with Crippen molar-refractivity contribution in [3.8, 4) is 5.69 Å². The monoisotopic (exact) mass is 289 g/mol. The van der Waals surface area contributed by atoms with E-state index >= 15 is 0 Å². The zero-order valence-corrected chi connectivity index (χ0v) is 12.5. The van der Waals surface area contributed by atoms with Crippen molar-refractivity contribution in [2.75, 3.05) is 33.5 Å². The second-order valence-corrected chi connectivity index (χ2v) is 4.77. The number of imidazole rings is 1. The van der Waals surface area contributed by atoms with Crippen LogP contribution in [0.15, 0.2) is 43.0 Å². The largest absolute Gasteiger partial charge is 0.382 e. The number of hydrogen-bond donors (Lipinski definition) is 1. The molecule has 0 radical (unpaired) electrons. The summed E-state index contributed by atoms with van der Waals surface area (Å²) in [6.07, 6.45) is 6.54. The van der Waals surface area contributed by atoms with Crippen molar-refractivity contribution in [3.63, 3.8) is 0 Å². The fraction of sp³-hybridized carbons (Fsp3) is 0.438. The molecule has 0 saturated carbocycles. The highest BCUT2D eigenvalue weighted by atomic mass is 16.5. The number of benzene rings is 1. The predicted octanol–water partition coefficient (Wildman–Crippen LogP) is 2.01. The fourth-order valence-corrected chi connectivity index (χ4v) is 1.97. The average Bonchev–Trinajstić information content (AvgIpc) is 3.05. The van der Waals surface area contributed by atoms with Crippen molar-refractivity contribution in [1.29, 1.82) is 0 Å². The summed E-state index contributed by atoms with van der Waals surface area (Å²) >= 11 is 0. The van der Waals surface area contributed by atoms with Gasteiger partial charge in [0.15, 0.2) is 0 Å². The Kier molecular flexibility index (Phi) is 6.94. The third kappa shape index (κ3) is 5.67. The molecular formula is C16H23N3O2. The van der Waals surface area contributed by atoms with Crippen LogP contribution >= 0.6 is 0 Å². The van der Waals surface area contributed by atoms with Gasteiger partial charge in [-0.2, -0.15) is 0 Å². The van der Waals surface area contributed by atoms with Gasteiger partial charge in [-0.1, -0.05) is 12.1 Å². The molecule has 1 aromatic heterocycles. The Bertz CT molecular complexity index is 483. The van der Waals surface area contributed by atoms with E-state index in [2.05, 4.69) is 34.6 Å². The van der Waals surface area contributed by atoms with Crippen LogP contribution in [0.3, 0.4) is 0 Å². The molecule has 5 heteroatoms. The summed E-state index contributed by atoms with van der Waals surface area (Å²) < 4.78 is 12.3. The molecule has 0 spiro atoms. The maximum absolute atomic E-state index is 5.41. The van der Waals surface area contributed by atoms with Crippen LogP contribution in [-0.4, -0.2) is 43.0 Å². The maximum Gasteiger partial charge on any atom is 0.0991 e. The van der Waals surface area contributed by atoms with Gasteiger partial charge in [-0.15, -0.1) is 0 Å². The first kappa shape index (κ1) is 15.7. The normalized spacial score (nSPS) is 10.9. The van der Waals surface area contributed by atoms with Crippen LogP contribution in [0.5, 0.6) is 0 Å². The number of hydrogen-bond acceptors (Lipinski definition) is 4. The van der Waals surface area contributed by atoms with Crippen LogP contribution in [-0.2, 0) is 16.0 Å². The van der Waals surface area contributed by atoms with Crippen LogP contribution < -0.4 is 5.32 Å².